The van der Waals surface area contributed by atoms with E-state index >= 15 is 0 Å². The normalized spacial score (nSPS) is 13.0. The number of hydrogen-bond donors (Lipinski definition) is 2. The number of carbonyl (C=O) groups is 2. The zero-order valence-electron chi connectivity index (χ0n) is 15.9. The molecular weight excluding hydrogens is 344 g/mol. The van der Waals surface area contributed by atoms with E-state index in [0.29, 0.717) is 24.6 Å². The van der Waals surface area contributed by atoms with Gasteiger partial charge in [0.15, 0.2) is 5.82 Å². The van der Waals surface area contributed by atoms with E-state index in [1.54, 1.807) is 7.11 Å². The molecule has 2 heterocycles. The van der Waals surface area contributed by atoms with Gasteiger partial charge in [0, 0.05) is 19.6 Å². The van der Waals surface area contributed by atoms with E-state index in [0.717, 1.165) is 49.2 Å². The summed E-state index contributed by atoms with van der Waals surface area (Å²) in [5, 5.41) is 5.76. The molecule has 7 nitrogen and oxygen atoms in total. The first kappa shape index (κ1) is 18.9. The highest BCUT2D eigenvalue weighted by Gasteiger charge is 2.27. The van der Waals surface area contributed by atoms with E-state index in [4.69, 9.17) is 4.74 Å². The summed E-state index contributed by atoms with van der Waals surface area (Å²) in [5.41, 5.74) is 2.19. The van der Waals surface area contributed by atoms with Crippen molar-refractivity contribution in [3.63, 3.8) is 0 Å². The Morgan fingerprint density at radius 2 is 1.93 bits per heavy atom. The summed E-state index contributed by atoms with van der Waals surface area (Å²) in [6.45, 7) is 3.72. The van der Waals surface area contributed by atoms with E-state index in [-0.39, 0.29) is 11.8 Å². The number of benzene rings is 1. The molecule has 7 heteroatoms. The molecule has 0 spiro atoms. The van der Waals surface area contributed by atoms with Gasteiger partial charge in [-0.2, -0.15) is 0 Å². The largest absolute Gasteiger partial charge is 0.497 e. The lowest BCUT2D eigenvalue weighted by atomic mass is 10.1. The van der Waals surface area contributed by atoms with Crippen molar-refractivity contribution < 1.29 is 14.3 Å². The SMILES string of the molecule is CCCNC(=O)c1nc(C(=O)NCc2ccc(OC)cc2)c2n1CCCC2. The lowest BCUT2D eigenvalue weighted by Crippen LogP contribution is -2.28. The van der Waals surface area contributed by atoms with Crippen molar-refractivity contribution in [1.29, 1.82) is 0 Å². The molecule has 0 fully saturated rings. The Bertz CT molecular complexity index is 811. The molecule has 1 aromatic carbocycles. The summed E-state index contributed by atoms with van der Waals surface area (Å²) in [6, 6.07) is 7.53. The van der Waals surface area contributed by atoms with Crippen LogP contribution in [-0.2, 0) is 19.5 Å². The minimum atomic E-state index is -0.244. The average molecular weight is 370 g/mol. The molecular formula is C20H26N4O3. The van der Waals surface area contributed by atoms with Crippen LogP contribution < -0.4 is 15.4 Å². The number of imidazole rings is 1. The molecule has 0 radical (unpaired) electrons. The maximum absolute atomic E-state index is 12.7. The predicted molar refractivity (Wildman–Crippen MR) is 102 cm³/mol. The predicted octanol–water partition coefficient (Wildman–Crippen LogP) is 2.30. The second kappa shape index (κ2) is 8.70. The molecule has 0 saturated heterocycles. The first-order valence-electron chi connectivity index (χ1n) is 9.42. The van der Waals surface area contributed by atoms with Gasteiger partial charge in [-0.15, -0.1) is 0 Å². The highest BCUT2D eigenvalue weighted by Crippen LogP contribution is 2.21. The van der Waals surface area contributed by atoms with Crippen molar-refractivity contribution >= 4 is 11.8 Å². The van der Waals surface area contributed by atoms with Crippen LogP contribution in [0.25, 0.3) is 0 Å². The van der Waals surface area contributed by atoms with Crippen molar-refractivity contribution in [3.8, 4) is 5.75 Å². The third kappa shape index (κ3) is 4.30. The van der Waals surface area contributed by atoms with E-state index in [2.05, 4.69) is 15.6 Å². The fourth-order valence-corrected chi connectivity index (χ4v) is 3.23. The van der Waals surface area contributed by atoms with E-state index in [1.807, 2.05) is 35.8 Å². The molecule has 0 unspecified atom stereocenters. The number of aromatic nitrogens is 2. The van der Waals surface area contributed by atoms with Gasteiger partial charge in [-0.05, 0) is 43.4 Å². The smallest absolute Gasteiger partial charge is 0.287 e. The van der Waals surface area contributed by atoms with Crippen LogP contribution in [0.1, 0.15) is 58.6 Å². The van der Waals surface area contributed by atoms with Crippen LogP contribution in [-0.4, -0.2) is 35.0 Å². The van der Waals surface area contributed by atoms with Crippen molar-refractivity contribution in [2.75, 3.05) is 13.7 Å². The third-order valence-corrected chi connectivity index (χ3v) is 4.68. The van der Waals surface area contributed by atoms with Crippen LogP contribution in [0.5, 0.6) is 5.75 Å². The van der Waals surface area contributed by atoms with Crippen molar-refractivity contribution in [1.82, 2.24) is 20.2 Å². The molecule has 1 aliphatic rings. The number of amides is 2. The summed E-state index contributed by atoms with van der Waals surface area (Å²) < 4.78 is 7.04. The summed E-state index contributed by atoms with van der Waals surface area (Å²) >= 11 is 0. The summed E-state index contributed by atoms with van der Waals surface area (Å²) in [5.74, 6) is 0.656. The van der Waals surface area contributed by atoms with Crippen LogP contribution >= 0.6 is 0 Å². The second-order valence-electron chi connectivity index (χ2n) is 6.63. The van der Waals surface area contributed by atoms with Gasteiger partial charge in [-0.25, -0.2) is 4.98 Å². The monoisotopic (exact) mass is 370 g/mol. The Hall–Kier alpha value is -2.83. The van der Waals surface area contributed by atoms with Crippen molar-refractivity contribution in [2.45, 2.75) is 45.7 Å². The van der Waals surface area contributed by atoms with Crippen LogP contribution in [0.4, 0.5) is 0 Å². The number of rotatable bonds is 7. The molecule has 0 bridgehead atoms. The van der Waals surface area contributed by atoms with E-state index in [1.165, 1.54) is 0 Å². The standard InChI is InChI=1S/C20H26N4O3/c1-3-11-21-20(26)18-23-17(16-6-4-5-12-24(16)18)19(25)22-13-14-7-9-15(27-2)10-8-14/h7-10H,3-6,11-13H2,1-2H3,(H,21,26)(H,22,25). The lowest BCUT2D eigenvalue weighted by molar-refractivity contribution is 0.0937. The molecule has 3 rings (SSSR count). The minimum absolute atomic E-state index is 0.214. The Labute approximate surface area is 159 Å². The number of methoxy groups -OCH3 is 1. The number of carbonyl (C=O) groups excluding carboxylic acids is 2. The molecule has 2 amide bonds. The molecule has 27 heavy (non-hydrogen) atoms. The molecule has 1 aliphatic heterocycles. The number of nitrogens with zero attached hydrogens (tertiary/aromatic N) is 2. The van der Waals surface area contributed by atoms with Crippen LogP contribution in [0.15, 0.2) is 24.3 Å². The maximum atomic E-state index is 12.7. The van der Waals surface area contributed by atoms with Gasteiger partial charge in [0.05, 0.1) is 12.8 Å². The summed E-state index contributed by atoms with van der Waals surface area (Å²) in [6.07, 6.45) is 3.61. The van der Waals surface area contributed by atoms with Gasteiger partial charge in [-0.3, -0.25) is 9.59 Å². The Morgan fingerprint density at radius 1 is 1.15 bits per heavy atom. The van der Waals surface area contributed by atoms with Gasteiger partial charge in [0.1, 0.15) is 11.4 Å². The molecule has 2 N–H and O–H groups in total. The molecule has 0 aliphatic carbocycles. The lowest BCUT2D eigenvalue weighted by Gasteiger charge is -2.17. The second-order valence-corrected chi connectivity index (χ2v) is 6.63. The Morgan fingerprint density at radius 3 is 2.63 bits per heavy atom. The van der Waals surface area contributed by atoms with Crippen molar-refractivity contribution in [2.24, 2.45) is 0 Å². The molecule has 0 atom stereocenters. The summed E-state index contributed by atoms with van der Waals surface area (Å²) in [4.78, 5) is 29.5. The van der Waals surface area contributed by atoms with Gasteiger partial charge < -0.3 is 19.9 Å². The van der Waals surface area contributed by atoms with Crippen LogP contribution in [0.2, 0.25) is 0 Å². The summed E-state index contributed by atoms with van der Waals surface area (Å²) in [7, 11) is 1.62. The Kier molecular flexibility index (Phi) is 6.11. The number of fused-ring (bicyclic) bond motifs is 1. The molecule has 0 saturated carbocycles. The van der Waals surface area contributed by atoms with E-state index < -0.39 is 0 Å². The number of ether oxygens (including phenoxy) is 1. The molecule has 2 aromatic rings. The fourth-order valence-electron chi connectivity index (χ4n) is 3.23. The van der Waals surface area contributed by atoms with Gasteiger partial charge >= 0.3 is 0 Å². The fraction of sp³-hybridized carbons (Fsp3) is 0.450. The average Bonchev–Trinajstić information content (AvgIpc) is 3.10. The number of hydrogen-bond acceptors (Lipinski definition) is 4. The first-order valence-corrected chi connectivity index (χ1v) is 9.42. The maximum Gasteiger partial charge on any atom is 0.287 e. The minimum Gasteiger partial charge on any atom is -0.497 e. The highest BCUT2D eigenvalue weighted by molar-refractivity contribution is 5.97. The van der Waals surface area contributed by atoms with Gasteiger partial charge in [0.25, 0.3) is 11.8 Å². The zero-order valence-corrected chi connectivity index (χ0v) is 15.9. The molecule has 144 valence electrons. The van der Waals surface area contributed by atoms with Crippen LogP contribution in [0, 0.1) is 0 Å². The molecule has 1 aromatic heterocycles. The number of nitrogens with one attached hydrogen (secondary N) is 2. The zero-order chi connectivity index (χ0) is 19.2. The van der Waals surface area contributed by atoms with Crippen molar-refractivity contribution in [3.05, 3.63) is 47.0 Å². The van der Waals surface area contributed by atoms with E-state index in [9.17, 15) is 9.59 Å². The third-order valence-electron chi connectivity index (χ3n) is 4.68. The van der Waals surface area contributed by atoms with Gasteiger partial charge in [0.2, 0.25) is 0 Å². The Balaban J connectivity index is 1.75. The quantitative estimate of drug-likeness (QED) is 0.783. The van der Waals surface area contributed by atoms with Gasteiger partial charge in [-0.1, -0.05) is 19.1 Å². The van der Waals surface area contributed by atoms with Crippen LogP contribution in [0.3, 0.4) is 0 Å². The topological polar surface area (TPSA) is 85.2 Å². The highest BCUT2D eigenvalue weighted by atomic mass is 16.5. The first-order chi connectivity index (χ1) is 13.1.